The maximum atomic E-state index is 13.4. The van der Waals surface area contributed by atoms with Crippen molar-refractivity contribution in [2.24, 2.45) is 10.2 Å². The topological polar surface area (TPSA) is 197 Å². The van der Waals surface area contributed by atoms with Gasteiger partial charge in [0.15, 0.2) is 17.4 Å². The van der Waals surface area contributed by atoms with Crippen LogP contribution in [0.2, 0.25) is 0 Å². The number of aromatic hydroxyl groups is 1. The molecule has 0 saturated carbocycles. The number of nitrogens with two attached hydrogens (primary N) is 1. The van der Waals surface area contributed by atoms with E-state index in [0.29, 0.717) is 11.3 Å². The largest absolute Gasteiger partial charge is 0.507 e. The molecular formula is C27H17N7O5. The minimum absolute atomic E-state index is 0.0462. The first-order chi connectivity index (χ1) is 18.7. The number of hydrogen-bond donors (Lipinski definition) is 3. The Morgan fingerprint density at radius 3 is 2.44 bits per heavy atom. The third-order valence-electron chi connectivity index (χ3n) is 6.17. The number of nitrogens with one attached hydrogen (secondary N) is 1. The highest BCUT2D eigenvalue weighted by molar-refractivity contribution is 6.32. The lowest BCUT2D eigenvalue weighted by Gasteiger charge is -2.19. The van der Waals surface area contributed by atoms with Crippen LogP contribution in [0.15, 0.2) is 70.9 Å². The second-order valence-electron chi connectivity index (χ2n) is 8.47. The number of fused-ring (bicyclic) bond motifs is 2. The number of anilines is 3. The molecule has 1 heterocycles. The van der Waals surface area contributed by atoms with E-state index in [-0.39, 0.29) is 45.3 Å². The number of carbonyl (C=O) groups excluding carboxylic acids is 2. The molecule has 5 rings (SSSR count). The predicted molar refractivity (Wildman–Crippen MR) is 140 cm³/mol. The van der Waals surface area contributed by atoms with Crippen LogP contribution in [0, 0.1) is 28.4 Å². The molecule has 1 aliphatic carbocycles. The summed E-state index contributed by atoms with van der Waals surface area (Å²) in [7, 11) is 0. The fraction of sp³-hybridized carbons (Fsp3) is 0.0370. The zero-order chi connectivity index (χ0) is 27.8. The molecule has 1 aromatic heterocycles. The van der Waals surface area contributed by atoms with E-state index < -0.39 is 33.5 Å². The quantitative estimate of drug-likeness (QED) is 0.155. The van der Waals surface area contributed by atoms with Crippen molar-refractivity contribution in [3.63, 3.8) is 0 Å². The van der Waals surface area contributed by atoms with Crippen LogP contribution in [0.5, 0.6) is 5.75 Å². The van der Waals surface area contributed by atoms with E-state index in [1.54, 1.807) is 19.1 Å². The van der Waals surface area contributed by atoms with Gasteiger partial charge in [-0.15, -0.1) is 10.2 Å². The van der Waals surface area contributed by atoms with Gasteiger partial charge in [0.1, 0.15) is 23.1 Å². The van der Waals surface area contributed by atoms with Crippen molar-refractivity contribution >= 4 is 46.0 Å². The smallest absolute Gasteiger partial charge is 0.281 e. The predicted octanol–water partition coefficient (Wildman–Crippen LogP) is 5.39. The van der Waals surface area contributed by atoms with E-state index in [9.17, 15) is 30.1 Å². The highest BCUT2D eigenvalue weighted by Crippen LogP contribution is 2.42. The summed E-state index contributed by atoms with van der Waals surface area (Å²) in [6.07, 6.45) is 0. The second-order valence-corrected chi connectivity index (χ2v) is 8.47. The fourth-order valence-electron chi connectivity index (χ4n) is 4.34. The number of azo groups is 1. The maximum Gasteiger partial charge on any atom is 0.281 e. The molecule has 0 unspecified atom stereocenters. The number of ketones is 2. The number of benzene rings is 3. The third kappa shape index (κ3) is 4.09. The Balaban J connectivity index is 1.63. The van der Waals surface area contributed by atoms with Gasteiger partial charge in [-0.1, -0.05) is 30.3 Å². The number of rotatable bonds is 5. The van der Waals surface area contributed by atoms with Crippen molar-refractivity contribution in [2.45, 2.75) is 6.92 Å². The molecule has 0 amide bonds. The molecule has 12 heteroatoms. The molecule has 4 aromatic rings. The van der Waals surface area contributed by atoms with Crippen LogP contribution >= 0.6 is 0 Å². The molecular weight excluding hydrogens is 502 g/mol. The number of nitrogen functional groups attached to an aromatic ring is 1. The van der Waals surface area contributed by atoms with Gasteiger partial charge in [-0.25, -0.2) is 4.98 Å². The van der Waals surface area contributed by atoms with Crippen LogP contribution in [-0.4, -0.2) is 26.6 Å². The van der Waals surface area contributed by atoms with E-state index in [0.717, 1.165) is 6.07 Å². The zero-order valence-electron chi connectivity index (χ0n) is 20.2. The Morgan fingerprint density at radius 2 is 1.74 bits per heavy atom. The van der Waals surface area contributed by atoms with Gasteiger partial charge in [0.2, 0.25) is 5.78 Å². The number of hydrogen-bond acceptors (Lipinski definition) is 11. The van der Waals surface area contributed by atoms with Crippen molar-refractivity contribution in [3.05, 3.63) is 104 Å². The first-order valence-corrected chi connectivity index (χ1v) is 11.4. The van der Waals surface area contributed by atoms with Crippen molar-refractivity contribution in [1.29, 1.82) is 5.26 Å². The number of nitriles is 1. The molecule has 0 fully saturated rings. The van der Waals surface area contributed by atoms with E-state index in [2.05, 4.69) is 26.6 Å². The number of aromatic nitrogens is 1. The van der Waals surface area contributed by atoms with Crippen LogP contribution < -0.4 is 11.1 Å². The Morgan fingerprint density at radius 1 is 1.00 bits per heavy atom. The number of pyridine rings is 1. The first kappa shape index (κ1) is 24.7. The zero-order valence-corrected chi connectivity index (χ0v) is 20.2. The standard InChI is InChI=1S/C27H17N7O5/c1-13-16(12-28)27(30-14-6-3-2-4-7-14)31-26(29)23(13)33-32-17-10-11-18(34(38)39)22-21(17)24(36)15-8-5-9-19(35)20(15)25(22)37/h2-11,35H,1H3,(H3,29,30,31)/b33-32+. The molecule has 39 heavy (non-hydrogen) atoms. The average molecular weight is 519 g/mol. The molecule has 3 aromatic carbocycles. The van der Waals surface area contributed by atoms with E-state index in [4.69, 9.17) is 5.73 Å². The molecule has 190 valence electrons. The molecule has 12 nitrogen and oxygen atoms in total. The van der Waals surface area contributed by atoms with E-state index in [1.807, 2.05) is 18.2 Å². The molecule has 4 N–H and O–H groups in total. The number of nitrogens with zero attached hydrogens (tertiary/aromatic N) is 5. The van der Waals surface area contributed by atoms with Gasteiger partial charge in [0.05, 0.1) is 27.3 Å². The van der Waals surface area contributed by atoms with Gasteiger partial charge in [-0.2, -0.15) is 5.26 Å². The van der Waals surface area contributed by atoms with Gasteiger partial charge >= 0.3 is 0 Å². The number of nitro groups is 1. The Labute approximate surface area is 220 Å². The van der Waals surface area contributed by atoms with Crippen LogP contribution in [0.4, 0.5) is 34.4 Å². The number of nitro benzene ring substituents is 1. The van der Waals surface area contributed by atoms with Crippen molar-refractivity contribution in [3.8, 4) is 11.8 Å². The average Bonchev–Trinajstić information content (AvgIpc) is 2.91. The molecule has 0 radical (unpaired) electrons. The molecule has 0 atom stereocenters. The number of phenolic OH excluding ortho intramolecular Hbond substituents is 1. The van der Waals surface area contributed by atoms with Crippen molar-refractivity contribution in [2.75, 3.05) is 11.1 Å². The summed E-state index contributed by atoms with van der Waals surface area (Å²) in [5.74, 6) is -1.96. The van der Waals surface area contributed by atoms with Gasteiger partial charge < -0.3 is 16.2 Å². The Hall–Kier alpha value is -5.96. The van der Waals surface area contributed by atoms with Crippen LogP contribution in [0.3, 0.4) is 0 Å². The summed E-state index contributed by atoms with van der Waals surface area (Å²) in [6.45, 7) is 1.60. The lowest BCUT2D eigenvalue weighted by Crippen LogP contribution is -2.22. The van der Waals surface area contributed by atoms with Crippen molar-refractivity contribution in [1.82, 2.24) is 4.98 Å². The van der Waals surface area contributed by atoms with Crippen LogP contribution in [0.1, 0.15) is 43.0 Å². The molecule has 0 aliphatic heterocycles. The van der Waals surface area contributed by atoms with Crippen LogP contribution in [0.25, 0.3) is 0 Å². The summed E-state index contributed by atoms with van der Waals surface area (Å²) in [6, 6.07) is 17.3. The van der Waals surface area contributed by atoms with Crippen LogP contribution in [-0.2, 0) is 0 Å². The fourth-order valence-corrected chi connectivity index (χ4v) is 4.34. The van der Waals surface area contributed by atoms with E-state index in [1.165, 1.54) is 24.3 Å². The van der Waals surface area contributed by atoms with Gasteiger partial charge in [-0.05, 0) is 31.2 Å². The Kier molecular flexibility index (Phi) is 6.01. The minimum atomic E-state index is -0.887. The van der Waals surface area contributed by atoms with Gasteiger partial charge in [0.25, 0.3) is 5.69 Å². The van der Waals surface area contributed by atoms with Gasteiger partial charge in [-0.3, -0.25) is 19.7 Å². The van der Waals surface area contributed by atoms with Gasteiger partial charge in [0, 0.05) is 22.9 Å². The Bertz CT molecular complexity index is 1790. The van der Waals surface area contributed by atoms with E-state index >= 15 is 0 Å². The monoisotopic (exact) mass is 519 g/mol. The number of para-hydroxylation sites is 1. The lowest BCUT2D eigenvalue weighted by molar-refractivity contribution is -0.385. The second kappa shape index (κ2) is 9.49. The normalized spacial score (nSPS) is 12.1. The summed E-state index contributed by atoms with van der Waals surface area (Å²) in [5, 5.41) is 43.0. The highest BCUT2D eigenvalue weighted by atomic mass is 16.6. The molecule has 1 aliphatic rings. The minimum Gasteiger partial charge on any atom is -0.507 e. The summed E-state index contributed by atoms with van der Waals surface area (Å²) < 4.78 is 0. The maximum absolute atomic E-state index is 13.4. The lowest BCUT2D eigenvalue weighted by atomic mass is 9.82. The molecule has 0 spiro atoms. The molecule has 0 saturated heterocycles. The highest BCUT2D eigenvalue weighted by Gasteiger charge is 2.39. The first-order valence-electron chi connectivity index (χ1n) is 11.4. The van der Waals surface area contributed by atoms with Crippen molar-refractivity contribution < 1.29 is 19.6 Å². The number of phenols is 1. The molecule has 0 bridgehead atoms. The third-order valence-corrected chi connectivity index (χ3v) is 6.17. The number of carbonyl (C=O) groups is 2. The summed E-state index contributed by atoms with van der Waals surface area (Å²) in [5.41, 5.74) is 5.35. The SMILES string of the molecule is Cc1c(C#N)c(Nc2ccccc2)nc(N)c1/N=N/c1ccc([N+](=O)[O-])c2c1C(=O)c1cccc(O)c1C2=O. The summed E-state index contributed by atoms with van der Waals surface area (Å²) >= 11 is 0. The summed E-state index contributed by atoms with van der Waals surface area (Å²) in [4.78, 5) is 41.8.